The van der Waals surface area contributed by atoms with E-state index in [2.05, 4.69) is 97.1 Å². The molecule has 184 valence electrons. The number of benzene rings is 4. The average molecular weight is 491 g/mol. The van der Waals surface area contributed by atoms with Gasteiger partial charge in [0, 0.05) is 10.8 Å². The minimum absolute atomic E-state index is 0.241. The summed E-state index contributed by atoms with van der Waals surface area (Å²) in [4.78, 5) is 0. The van der Waals surface area contributed by atoms with E-state index in [0.29, 0.717) is 0 Å². The molecule has 0 saturated heterocycles. The highest BCUT2D eigenvalue weighted by molar-refractivity contribution is 5.95. The molecule has 1 fully saturated rings. The molecular formula is C36H30N2. The SMILES string of the molecule is C1=CC2=C(CC1)C(Cc1ccccc1)(c1cc3ccccc3nn1)Cc1c2ccc2cc(C3CC3)ccc12. The maximum atomic E-state index is 4.98. The molecule has 0 aliphatic heterocycles. The molecule has 1 heterocycles. The number of hydrogen-bond donors (Lipinski definition) is 0. The van der Waals surface area contributed by atoms with Gasteiger partial charge in [-0.1, -0.05) is 91.0 Å². The number of nitrogens with zero attached hydrogens (tertiary/aromatic N) is 2. The molecule has 3 aliphatic carbocycles. The van der Waals surface area contributed by atoms with Gasteiger partial charge in [0.1, 0.15) is 0 Å². The van der Waals surface area contributed by atoms with Crippen molar-refractivity contribution in [2.75, 3.05) is 0 Å². The van der Waals surface area contributed by atoms with Crippen molar-refractivity contribution >= 4 is 27.2 Å². The molecule has 3 aliphatic rings. The van der Waals surface area contributed by atoms with Gasteiger partial charge >= 0.3 is 0 Å². The zero-order chi connectivity index (χ0) is 25.1. The van der Waals surface area contributed by atoms with E-state index >= 15 is 0 Å². The van der Waals surface area contributed by atoms with E-state index in [1.807, 2.05) is 6.07 Å². The van der Waals surface area contributed by atoms with E-state index in [0.717, 1.165) is 48.2 Å². The number of aromatic nitrogens is 2. The Morgan fingerprint density at radius 1 is 0.789 bits per heavy atom. The summed E-state index contributed by atoms with van der Waals surface area (Å²) in [7, 11) is 0. The Bertz CT molecular complexity index is 1770. The van der Waals surface area contributed by atoms with Crippen LogP contribution in [0.4, 0.5) is 0 Å². The topological polar surface area (TPSA) is 25.8 Å². The molecular weight excluding hydrogens is 460 g/mol. The molecule has 1 atom stereocenters. The molecule has 0 N–H and O–H groups in total. The third-order valence-electron chi connectivity index (χ3n) is 9.05. The molecule has 38 heavy (non-hydrogen) atoms. The lowest BCUT2D eigenvalue weighted by Gasteiger charge is -2.43. The third-order valence-corrected chi connectivity index (χ3v) is 9.05. The van der Waals surface area contributed by atoms with Crippen molar-refractivity contribution in [2.45, 2.75) is 49.9 Å². The molecule has 5 aromatic rings. The molecule has 1 aromatic heterocycles. The number of allylic oxidation sites excluding steroid dienone is 4. The molecule has 8 rings (SSSR count). The van der Waals surface area contributed by atoms with Crippen LogP contribution in [0.5, 0.6) is 0 Å². The van der Waals surface area contributed by atoms with Gasteiger partial charge in [0.25, 0.3) is 0 Å². The number of fused-ring (bicyclic) bond motifs is 5. The predicted octanol–water partition coefficient (Wildman–Crippen LogP) is 8.50. The Morgan fingerprint density at radius 2 is 1.66 bits per heavy atom. The molecule has 0 spiro atoms. The van der Waals surface area contributed by atoms with Crippen LogP contribution in [-0.2, 0) is 18.3 Å². The van der Waals surface area contributed by atoms with Gasteiger partial charge in [0.15, 0.2) is 0 Å². The molecule has 0 bridgehead atoms. The van der Waals surface area contributed by atoms with Gasteiger partial charge < -0.3 is 0 Å². The first kappa shape index (κ1) is 22.0. The zero-order valence-corrected chi connectivity index (χ0v) is 21.5. The molecule has 1 unspecified atom stereocenters. The van der Waals surface area contributed by atoms with Crippen molar-refractivity contribution in [3.05, 3.63) is 137 Å². The molecule has 1 saturated carbocycles. The summed E-state index contributed by atoms with van der Waals surface area (Å²) in [5.74, 6) is 0.760. The first-order valence-corrected chi connectivity index (χ1v) is 14.0. The van der Waals surface area contributed by atoms with Crippen molar-refractivity contribution in [1.82, 2.24) is 10.2 Å². The van der Waals surface area contributed by atoms with E-state index in [4.69, 9.17) is 10.2 Å². The summed E-state index contributed by atoms with van der Waals surface area (Å²) >= 11 is 0. The highest BCUT2D eigenvalue weighted by Gasteiger charge is 2.44. The smallest absolute Gasteiger partial charge is 0.0929 e. The third kappa shape index (κ3) is 3.47. The van der Waals surface area contributed by atoms with Gasteiger partial charge in [-0.2, -0.15) is 10.2 Å². The zero-order valence-electron chi connectivity index (χ0n) is 21.5. The minimum atomic E-state index is -0.241. The minimum Gasteiger partial charge on any atom is -0.154 e. The summed E-state index contributed by atoms with van der Waals surface area (Å²) in [6, 6.07) is 33.7. The largest absolute Gasteiger partial charge is 0.154 e. The van der Waals surface area contributed by atoms with E-state index in [9.17, 15) is 0 Å². The predicted molar refractivity (Wildman–Crippen MR) is 156 cm³/mol. The van der Waals surface area contributed by atoms with Crippen LogP contribution in [0.2, 0.25) is 0 Å². The van der Waals surface area contributed by atoms with E-state index in [1.165, 1.54) is 57.0 Å². The second kappa shape index (κ2) is 8.49. The quantitative estimate of drug-likeness (QED) is 0.252. The Morgan fingerprint density at radius 3 is 2.55 bits per heavy atom. The fourth-order valence-corrected chi connectivity index (χ4v) is 7.02. The molecule has 4 aromatic carbocycles. The van der Waals surface area contributed by atoms with Crippen LogP contribution in [0.3, 0.4) is 0 Å². The monoisotopic (exact) mass is 490 g/mol. The molecule has 2 nitrogen and oxygen atoms in total. The lowest BCUT2D eigenvalue weighted by atomic mass is 9.60. The summed E-state index contributed by atoms with van der Waals surface area (Å²) < 4.78 is 0. The summed E-state index contributed by atoms with van der Waals surface area (Å²) in [6.07, 6.45) is 11.4. The van der Waals surface area contributed by atoms with Crippen molar-refractivity contribution in [1.29, 1.82) is 0 Å². The average Bonchev–Trinajstić information content (AvgIpc) is 3.83. The van der Waals surface area contributed by atoms with Crippen LogP contribution in [-0.4, -0.2) is 10.2 Å². The number of hydrogen-bond acceptors (Lipinski definition) is 2. The van der Waals surface area contributed by atoms with Gasteiger partial charge in [-0.3, -0.25) is 0 Å². The van der Waals surface area contributed by atoms with Crippen molar-refractivity contribution < 1.29 is 0 Å². The van der Waals surface area contributed by atoms with Gasteiger partial charge in [-0.25, -0.2) is 0 Å². The van der Waals surface area contributed by atoms with Crippen LogP contribution in [0, 0.1) is 0 Å². The normalized spacial score (nSPS) is 20.5. The highest BCUT2D eigenvalue weighted by Crippen LogP contribution is 2.52. The van der Waals surface area contributed by atoms with Crippen LogP contribution < -0.4 is 0 Å². The second-order valence-corrected chi connectivity index (χ2v) is 11.4. The standard InChI is InChI=1S/C36H30N2/c1-2-8-24(9-3-1)22-36(35-21-28-10-4-7-13-34(28)37-38-35)23-32-29-18-16-26(25-14-15-25)20-27(29)17-19-30(32)31-11-5-6-12-33(31)36/h1-5,7-11,13,16-21,25H,6,12,14-15,22-23H2. The highest BCUT2D eigenvalue weighted by atomic mass is 15.1. The Labute approximate surface area is 223 Å². The maximum absolute atomic E-state index is 4.98. The molecule has 0 amide bonds. The Balaban J connectivity index is 1.40. The summed E-state index contributed by atoms with van der Waals surface area (Å²) in [5, 5.41) is 13.7. The van der Waals surface area contributed by atoms with Gasteiger partial charge in [-0.05, 0) is 101 Å². The molecule has 2 heteroatoms. The fraction of sp³-hybridized carbons (Fsp3) is 0.222. The summed E-state index contributed by atoms with van der Waals surface area (Å²) in [5.41, 5.74) is 10.4. The second-order valence-electron chi connectivity index (χ2n) is 11.4. The van der Waals surface area contributed by atoms with E-state index in [-0.39, 0.29) is 5.41 Å². The van der Waals surface area contributed by atoms with Crippen molar-refractivity contribution in [3.8, 4) is 0 Å². The van der Waals surface area contributed by atoms with Crippen molar-refractivity contribution in [2.24, 2.45) is 0 Å². The molecule has 0 radical (unpaired) electrons. The van der Waals surface area contributed by atoms with E-state index < -0.39 is 0 Å². The lowest BCUT2D eigenvalue weighted by Crippen LogP contribution is -2.39. The maximum Gasteiger partial charge on any atom is 0.0929 e. The van der Waals surface area contributed by atoms with Crippen LogP contribution in [0.15, 0.2) is 109 Å². The van der Waals surface area contributed by atoms with Gasteiger partial charge in [0.05, 0.1) is 11.2 Å². The van der Waals surface area contributed by atoms with Crippen LogP contribution in [0.1, 0.15) is 59.5 Å². The summed E-state index contributed by atoms with van der Waals surface area (Å²) in [6.45, 7) is 0. The first-order chi connectivity index (χ1) is 18.8. The fourth-order valence-electron chi connectivity index (χ4n) is 7.02. The first-order valence-electron chi connectivity index (χ1n) is 14.0. The van der Waals surface area contributed by atoms with Gasteiger partial charge in [0.2, 0.25) is 0 Å². The van der Waals surface area contributed by atoms with Crippen molar-refractivity contribution in [3.63, 3.8) is 0 Å². The van der Waals surface area contributed by atoms with Gasteiger partial charge in [-0.15, -0.1) is 0 Å². The Kier molecular flexibility index (Phi) is 4.91. The lowest BCUT2D eigenvalue weighted by molar-refractivity contribution is 0.456. The van der Waals surface area contributed by atoms with Crippen LogP contribution >= 0.6 is 0 Å². The number of rotatable bonds is 4. The van der Waals surface area contributed by atoms with E-state index in [1.54, 1.807) is 0 Å². The van der Waals surface area contributed by atoms with Crippen LogP contribution in [0.25, 0.3) is 27.2 Å². The Hall–Kier alpha value is -4.04.